The monoisotopic (exact) mass is 346 g/mol. The minimum atomic E-state index is -0.633. The zero-order valence-corrected chi connectivity index (χ0v) is 13.9. The molecule has 1 heterocycles. The summed E-state index contributed by atoms with van der Waals surface area (Å²) in [5.74, 6) is -1.12. The van der Waals surface area contributed by atoms with Crippen LogP contribution in [0, 0.1) is 5.82 Å². The average molecular weight is 346 g/mol. The average Bonchev–Trinajstić information content (AvgIpc) is 3.11. The highest BCUT2D eigenvalue weighted by Gasteiger charge is 2.18. The summed E-state index contributed by atoms with van der Waals surface area (Å²) in [6, 6.07) is 5.49. The maximum Gasteiger partial charge on any atom is 0.356 e. The van der Waals surface area contributed by atoms with Crippen LogP contribution in [-0.2, 0) is 9.53 Å². The van der Waals surface area contributed by atoms with Gasteiger partial charge in [-0.1, -0.05) is 12.8 Å². The van der Waals surface area contributed by atoms with Crippen molar-refractivity contribution in [1.82, 2.24) is 10.3 Å². The number of nitrogens with one attached hydrogen (secondary N) is 1. The van der Waals surface area contributed by atoms with Crippen LogP contribution in [0.15, 0.2) is 24.3 Å². The Morgan fingerprint density at radius 2 is 2.04 bits per heavy atom. The normalized spacial score (nSPS) is 14.5. The number of methoxy groups -OCH3 is 1. The number of amides is 1. The van der Waals surface area contributed by atoms with Crippen LogP contribution in [0.4, 0.5) is 4.39 Å². The van der Waals surface area contributed by atoms with Crippen LogP contribution < -0.4 is 10.1 Å². The molecule has 0 aliphatic heterocycles. The predicted molar refractivity (Wildman–Crippen MR) is 88.9 cm³/mol. The number of halogens is 1. The fourth-order valence-electron chi connectivity index (χ4n) is 2.98. The number of pyridine rings is 1. The molecule has 3 rings (SSSR count). The minimum absolute atomic E-state index is 0.0350. The Morgan fingerprint density at radius 1 is 1.28 bits per heavy atom. The molecular formula is C18H19FN2O4. The highest BCUT2D eigenvalue weighted by molar-refractivity contribution is 5.94. The number of ether oxygens (including phenoxy) is 2. The van der Waals surface area contributed by atoms with Gasteiger partial charge in [0.1, 0.15) is 11.6 Å². The molecule has 1 amide bonds. The van der Waals surface area contributed by atoms with Gasteiger partial charge in [0, 0.05) is 17.5 Å². The molecule has 7 heteroatoms. The molecule has 0 atom stereocenters. The SMILES string of the molecule is COC(=O)c1cc(OCC(=O)NC2CCCC2)c2cc(F)ccc2n1. The highest BCUT2D eigenvalue weighted by Crippen LogP contribution is 2.27. The quantitative estimate of drug-likeness (QED) is 0.842. The first-order valence-corrected chi connectivity index (χ1v) is 8.17. The summed E-state index contributed by atoms with van der Waals surface area (Å²) in [4.78, 5) is 27.9. The van der Waals surface area contributed by atoms with Gasteiger partial charge in [-0.2, -0.15) is 0 Å². The molecule has 2 aromatic rings. The summed E-state index contributed by atoms with van der Waals surface area (Å²) in [7, 11) is 1.24. The lowest BCUT2D eigenvalue weighted by Crippen LogP contribution is -2.36. The summed E-state index contributed by atoms with van der Waals surface area (Å²) >= 11 is 0. The number of hydrogen-bond acceptors (Lipinski definition) is 5. The van der Waals surface area contributed by atoms with Gasteiger partial charge in [-0.05, 0) is 31.0 Å². The molecule has 25 heavy (non-hydrogen) atoms. The molecule has 1 aliphatic rings. The minimum Gasteiger partial charge on any atom is -0.483 e. The molecular weight excluding hydrogens is 327 g/mol. The number of carbonyl (C=O) groups excluding carboxylic acids is 2. The topological polar surface area (TPSA) is 77.5 Å². The molecule has 1 aliphatic carbocycles. The van der Waals surface area contributed by atoms with Crippen LogP contribution in [0.3, 0.4) is 0 Å². The van der Waals surface area contributed by atoms with Gasteiger partial charge in [0.2, 0.25) is 0 Å². The standard InChI is InChI=1S/C18H19FN2O4/c1-24-18(23)15-9-16(13-8-11(19)6-7-14(13)21-15)25-10-17(22)20-12-4-2-3-5-12/h6-9,12H,2-5,10H2,1H3,(H,20,22). The molecule has 1 N–H and O–H groups in total. The molecule has 0 saturated heterocycles. The Morgan fingerprint density at radius 3 is 2.76 bits per heavy atom. The first kappa shape index (κ1) is 17.1. The molecule has 1 fully saturated rings. The van der Waals surface area contributed by atoms with Crippen LogP contribution in [0.2, 0.25) is 0 Å². The van der Waals surface area contributed by atoms with E-state index in [1.807, 2.05) is 0 Å². The highest BCUT2D eigenvalue weighted by atomic mass is 19.1. The molecule has 1 aromatic heterocycles. The fourth-order valence-corrected chi connectivity index (χ4v) is 2.98. The number of esters is 1. The van der Waals surface area contributed by atoms with Crippen molar-refractivity contribution in [2.75, 3.05) is 13.7 Å². The number of benzene rings is 1. The zero-order valence-electron chi connectivity index (χ0n) is 13.9. The second-order valence-electron chi connectivity index (χ2n) is 6.00. The second-order valence-corrected chi connectivity index (χ2v) is 6.00. The Kier molecular flexibility index (Phi) is 5.11. The van der Waals surface area contributed by atoms with E-state index < -0.39 is 11.8 Å². The Labute approximate surface area is 144 Å². The van der Waals surface area contributed by atoms with Crippen molar-refractivity contribution < 1.29 is 23.5 Å². The van der Waals surface area contributed by atoms with Crippen molar-refractivity contribution >= 4 is 22.8 Å². The molecule has 1 aromatic carbocycles. The van der Waals surface area contributed by atoms with Crippen molar-refractivity contribution in [3.8, 4) is 5.75 Å². The first-order valence-electron chi connectivity index (χ1n) is 8.17. The van der Waals surface area contributed by atoms with E-state index in [-0.39, 0.29) is 30.0 Å². The summed E-state index contributed by atoms with van der Waals surface area (Å²) in [6.45, 7) is -0.216. The third-order valence-electron chi connectivity index (χ3n) is 4.21. The van der Waals surface area contributed by atoms with E-state index in [1.54, 1.807) is 0 Å². The number of aromatic nitrogens is 1. The lowest BCUT2D eigenvalue weighted by atomic mass is 10.1. The van der Waals surface area contributed by atoms with E-state index in [2.05, 4.69) is 15.0 Å². The van der Waals surface area contributed by atoms with Gasteiger partial charge in [0.15, 0.2) is 12.3 Å². The fraction of sp³-hybridized carbons (Fsp3) is 0.389. The van der Waals surface area contributed by atoms with E-state index in [4.69, 9.17) is 4.74 Å². The number of carbonyl (C=O) groups is 2. The van der Waals surface area contributed by atoms with Crippen LogP contribution >= 0.6 is 0 Å². The van der Waals surface area contributed by atoms with Gasteiger partial charge in [0.05, 0.1) is 12.6 Å². The number of nitrogens with zero attached hydrogens (tertiary/aromatic N) is 1. The number of hydrogen-bond donors (Lipinski definition) is 1. The molecule has 0 unspecified atom stereocenters. The van der Waals surface area contributed by atoms with Crippen LogP contribution in [-0.4, -0.2) is 36.6 Å². The van der Waals surface area contributed by atoms with Crippen molar-refractivity contribution in [1.29, 1.82) is 0 Å². The number of rotatable bonds is 5. The molecule has 1 saturated carbocycles. The first-order chi connectivity index (χ1) is 12.1. The van der Waals surface area contributed by atoms with Crippen LogP contribution in [0.5, 0.6) is 5.75 Å². The Bertz CT molecular complexity index is 803. The molecule has 0 radical (unpaired) electrons. The Hall–Kier alpha value is -2.70. The second kappa shape index (κ2) is 7.46. The zero-order chi connectivity index (χ0) is 17.8. The van der Waals surface area contributed by atoms with Gasteiger partial charge in [-0.25, -0.2) is 14.2 Å². The molecule has 0 bridgehead atoms. The Balaban J connectivity index is 1.81. The maximum atomic E-state index is 13.6. The lowest BCUT2D eigenvalue weighted by molar-refractivity contribution is -0.123. The number of fused-ring (bicyclic) bond motifs is 1. The van der Waals surface area contributed by atoms with Crippen molar-refractivity contribution in [3.05, 3.63) is 35.8 Å². The summed E-state index contributed by atoms with van der Waals surface area (Å²) in [5, 5.41) is 3.30. The third-order valence-corrected chi connectivity index (χ3v) is 4.21. The van der Waals surface area contributed by atoms with Gasteiger partial charge in [0.25, 0.3) is 5.91 Å². The van der Waals surface area contributed by atoms with Gasteiger partial charge in [-0.15, -0.1) is 0 Å². The lowest BCUT2D eigenvalue weighted by Gasteiger charge is -2.14. The van der Waals surface area contributed by atoms with Crippen LogP contribution in [0.25, 0.3) is 10.9 Å². The van der Waals surface area contributed by atoms with E-state index in [1.165, 1.54) is 31.4 Å². The van der Waals surface area contributed by atoms with E-state index >= 15 is 0 Å². The largest absolute Gasteiger partial charge is 0.483 e. The van der Waals surface area contributed by atoms with E-state index in [9.17, 15) is 14.0 Å². The van der Waals surface area contributed by atoms with Crippen molar-refractivity contribution in [2.24, 2.45) is 0 Å². The molecule has 132 valence electrons. The predicted octanol–water partition coefficient (Wildman–Crippen LogP) is 2.60. The smallest absolute Gasteiger partial charge is 0.356 e. The summed E-state index contributed by atoms with van der Waals surface area (Å²) in [5.41, 5.74) is 0.420. The summed E-state index contributed by atoms with van der Waals surface area (Å²) < 4.78 is 23.8. The summed E-state index contributed by atoms with van der Waals surface area (Å²) in [6.07, 6.45) is 4.17. The molecule has 6 nitrogen and oxygen atoms in total. The maximum absolute atomic E-state index is 13.6. The van der Waals surface area contributed by atoms with E-state index in [0.717, 1.165) is 25.7 Å². The van der Waals surface area contributed by atoms with Crippen molar-refractivity contribution in [3.63, 3.8) is 0 Å². The van der Waals surface area contributed by atoms with Gasteiger partial charge < -0.3 is 14.8 Å². The van der Waals surface area contributed by atoms with Gasteiger partial charge in [-0.3, -0.25) is 4.79 Å². The van der Waals surface area contributed by atoms with Gasteiger partial charge >= 0.3 is 5.97 Å². The third kappa shape index (κ3) is 4.04. The van der Waals surface area contributed by atoms with Crippen LogP contribution in [0.1, 0.15) is 36.2 Å². The molecule has 0 spiro atoms. The van der Waals surface area contributed by atoms with E-state index in [0.29, 0.717) is 10.9 Å². The van der Waals surface area contributed by atoms with Crippen molar-refractivity contribution in [2.45, 2.75) is 31.7 Å².